The third kappa shape index (κ3) is 2.42. The van der Waals surface area contributed by atoms with Crippen LogP contribution in [0.5, 0.6) is 0 Å². The zero-order chi connectivity index (χ0) is 9.97. The van der Waals surface area contributed by atoms with Crippen LogP contribution in [0.15, 0.2) is 0 Å². The summed E-state index contributed by atoms with van der Waals surface area (Å²) >= 11 is 1.46. The fraction of sp³-hybridized carbons (Fsp3) is 0.778. The lowest BCUT2D eigenvalue weighted by molar-refractivity contribution is 0.628. The third-order valence-corrected chi connectivity index (χ3v) is 3.08. The number of nitrogens with two attached hydrogens (primary N) is 1. The van der Waals surface area contributed by atoms with Gasteiger partial charge in [0.05, 0.1) is 0 Å². The largest absolute Gasteiger partial charge is 0.360 e. The molecule has 0 aliphatic heterocycles. The van der Waals surface area contributed by atoms with E-state index >= 15 is 0 Å². The second-order valence-corrected chi connectivity index (χ2v) is 4.71. The summed E-state index contributed by atoms with van der Waals surface area (Å²) in [6.07, 6.45) is 2.52. The summed E-state index contributed by atoms with van der Waals surface area (Å²) in [4.78, 5) is 4.43. The molecule has 5 heteroatoms. The number of nitrogens with one attached hydrogen (secondary N) is 1. The van der Waals surface area contributed by atoms with Gasteiger partial charge < -0.3 is 11.1 Å². The fourth-order valence-corrected chi connectivity index (χ4v) is 1.81. The molecule has 4 nitrogen and oxygen atoms in total. The zero-order valence-electron chi connectivity index (χ0n) is 8.36. The summed E-state index contributed by atoms with van der Waals surface area (Å²) in [6, 6.07) is 0. The molecule has 0 amide bonds. The van der Waals surface area contributed by atoms with E-state index in [1.807, 2.05) is 0 Å². The lowest BCUT2D eigenvalue weighted by atomic mass is 10.2. The predicted octanol–water partition coefficient (Wildman–Crippen LogP) is 1.42. The highest BCUT2D eigenvalue weighted by atomic mass is 32.1. The molecule has 1 aromatic rings. The normalized spacial score (nSPS) is 18.1. The van der Waals surface area contributed by atoms with Gasteiger partial charge in [-0.3, -0.25) is 0 Å². The summed E-state index contributed by atoms with van der Waals surface area (Å²) in [5.74, 6) is 2.16. The van der Waals surface area contributed by atoms with Crippen molar-refractivity contribution in [2.45, 2.75) is 25.7 Å². The van der Waals surface area contributed by atoms with Crippen LogP contribution in [0.4, 0.5) is 5.13 Å². The van der Waals surface area contributed by atoms with Crippen LogP contribution < -0.4 is 11.1 Å². The first-order valence-corrected chi connectivity index (χ1v) is 5.84. The Hall–Kier alpha value is -0.680. The Morgan fingerprint density at radius 2 is 2.43 bits per heavy atom. The van der Waals surface area contributed by atoms with E-state index in [4.69, 9.17) is 5.73 Å². The molecule has 1 aliphatic rings. The number of anilines is 1. The van der Waals surface area contributed by atoms with E-state index in [9.17, 15) is 0 Å². The summed E-state index contributed by atoms with van der Waals surface area (Å²) in [7, 11) is 0. The van der Waals surface area contributed by atoms with Gasteiger partial charge >= 0.3 is 0 Å². The fourth-order valence-electron chi connectivity index (χ4n) is 1.16. The van der Waals surface area contributed by atoms with E-state index < -0.39 is 0 Å². The number of nitrogens with zero attached hydrogens (tertiary/aromatic N) is 2. The third-order valence-electron chi connectivity index (χ3n) is 2.39. The van der Waals surface area contributed by atoms with E-state index in [1.165, 1.54) is 24.4 Å². The molecule has 1 atom stereocenters. The van der Waals surface area contributed by atoms with Gasteiger partial charge in [0.1, 0.15) is 5.82 Å². The topological polar surface area (TPSA) is 63.8 Å². The Bertz CT molecular complexity index is 295. The number of aromatic nitrogens is 2. The van der Waals surface area contributed by atoms with Gasteiger partial charge in [-0.1, -0.05) is 6.92 Å². The standard InChI is InChI=1S/C9H16N4S/c1-6(4-10)5-11-9-12-8(13-14-9)7-2-3-7/h6-7H,2-5,10H2,1H3,(H,11,12,13). The van der Waals surface area contributed by atoms with Crippen LogP contribution >= 0.6 is 11.5 Å². The monoisotopic (exact) mass is 212 g/mol. The lowest BCUT2D eigenvalue weighted by Gasteiger charge is -2.07. The number of hydrogen-bond acceptors (Lipinski definition) is 5. The highest BCUT2D eigenvalue weighted by molar-refractivity contribution is 7.09. The summed E-state index contributed by atoms with van der Waals surface area (Å²) < 4.78 is 4.32. The minimum absolute atomic E-state index is 0.489. The summed E-state index contributed by atoms with van der Waals surface area (Å²) in [6.45, 7) is 3.72. The minimum atomic E-state index is 0.489. The van der Waals surface area contributed by atoms with E-state index in [0.29, 0.717) is 18.4 Å². The van der Waals surface area contributed by atoms with Gasteiger partial charge in [-0.2, -0.15) is 4.37 Å². The molecule has 3 N–H and O–H groups in total. The zero-order valence-corrected chi connectivity index (χ0v) is 9.18. The average Bonchev–Trinajstić information content (AvgIpc) is 2.95. The number of hydrogen-bond donors (Lipinski definition) is 2. The van der Waals surface area contributed by atoms with Crippen molar-refractivity contribution in [3.8, 4) is 0 Å². The van der Waals surface area contributed by atoms with Crippen LogP contribution in [0, 0.1) is 5.92 Å². The van der Waals surface area contributed by atoms with Crippen LogP contribution in [0.25, 0.3) is 0 Å². The molecule has 1 saturated carbocycles. The van der Waals surface area contributed by atoms with Gasteiger partial charge in [0.2, 0.25) is 5.13 Å². The lowest BCUT2D eigenvalue weighted by Crippen LogP contribution is -2.19. The smallest absolute Gasteiger partial charge is 0.202 e. The SMILES string of the molecule is CC(CN)CNc1nc(C2CC2)ns1. The first-order chi connectivity index (χ1) is 6.79. The molecule has 78 valence electrons. The van der Waals surface area contributed by atoms with Gasteiger partial charge in [-0.25, -0.2) is 4.98 Å². The molecular weight excluding hydrogens is 196 g/mol. The van der Waals surface area contributed by atoms with Gasteiger partial charge in [0.25, 0.3) is 0 Å². The van der Waals surface area contributed by atoms with Gasteiger partial charge in [0, 0.05) is 24.0 Å². The Morgan fingerprint density at radius 3 is 3.07 bits per heavy atom. The molecule has 0 radical (unpaired) electrons. The van der Waals surface area contributed by atoms with E-state index in [1.54, 1.807) is 0 Å². The van der Waals surface area contributed by atoms with Gasteiger partial charge in [-0.05, 0) is 25.3 Å². The average molecular weight is 212 g/mol. The molecule has 0 saturated heterocycles. The van der Waals surface area contributed by atoms with Crippen molar-refractivity contribution in [2.75, 3.05) is 18.4 Å². The second kappa shape index (κ2) is 4.23. The first-order valence-electron chi connectivity index (χ1n) is 5.07. The maximum absolute atomic E-state index is 5.53. The molecular formula is C9H16N4S. The van der Waals surface area contributed by atoms with Crippen molar-refractivity contribution < 1.29 is 0 Å². The van der Waals surface area contributed by atoms with E-state index in [0.717, 1.165) is 17.5 Å². The Kier molecular flexibility index (Phi) is 2.98. The van der Waals surface area contributed by atoms with Crippen molar-refractivity contribution in [1.82, 2.24) is 9.36 Å². The van der Waals surface area contributed by atoms with Crippen LogP contribution in [-0.2, 0) is 0 Å². The first kappa shape index (κ1) is 9.86. The van der Waals surface area contributed by atoms with Crippen LogP contribution in [0.3, 0.4) is 0 Å². The Labute approximate surface area is 88.1 Å². The van der Waals surface area contributed by atoms with Gasteiger partial charge in [0.15, 0.2) is 0 Å². The van der Waals surface area contributed by atoms with E-state index in [-0.39, 0.29) is 0 Å². The minimum Gasteiger partial charge on any atom is -0.360 e. The highest BCUT2D eigenvalue weighted by Crippen LogP contribution is 2.39. The molecule has 0 aromatic carbocycles. The van der Waals surface area contributed by atoms with Crippen molar-refractivity contribution >= 4 is 16.7 Å². The quantitative estimate of drug-likeness (QED) is 0.775. The molecule has 1 heterocycles. The van der Waals surface area contributed by atoms with E-state index in [2.05, 4.69) is 21.6 Å². The molecule has 1 fully saturated rings. The molecule has 1 unspecified atom stereocenters. The molecule has 0 spiro atoms. The van der Waals surface area contributed by atoms with Crippen LogP contribution in [0.1, 0.15) is 31.5 Å². The molecule has 0 bridgehead atoms. The predicted molar refractivity (Wildman–Crippen MR) is 58.6 cm³/mol. The number of rotatable bonds is 5. The maximum Gasteiger partial charge on any atom is 0.202 e. The summed E-state index contributed by atoms with van der Waals surface area (Å²) in [5, 5.41) is 4.20. The second-order valence-electron chi connectivity index (χ2n) is 3.95. The molecule has 2 rings (SSSR count). The van der Waals surface area contributed by atoms with Crippen LogP contribution in [0.2, 0.25) is 0 Å². The molecule has 1 aromatic heterocycles. The highest BCUT2D eigenvalue weighted by Gasteiger charge is 2.27. The van der Waals surface area contributed by atoms with Crippen LogP contribution in [-0.4, -0.2) is 22.4 Å². The Balaban J connectivity index is 1.83. The Morgan fingerprint density at radius 1 is 1.64 bits per heavy atom. The maximum atomic E-state index is 5.53. The van der Waals surface area contributed by atoms with Crippen molar-refractivity contribution in [1.29, 1.82) is 0 Å². The van der Waals surface area contributed by atoms with Gasteiger partial charge in [-0.15, -0.1) is 0 Å². The summed E-state index contributed by atoms with van der Waals surface area (Å²) in [5.41, 5.74) is 5.53. The van der Waals surface area contributed by atoms with Crippen molar-refractivity contribution in [3.05, 3.63) is 5.82 Å². The van der Waals surface area contributed by atoms with Crippen molar-refractivity contribution in [2.24, 2.45) is 11.7 Å². The molecule has 1 aliphatic carbocycles. The molecule has 14 heavy (non-hydrogen) atoms. The van der Waals surface area contributed by atoms with Crippen molar-refractivity contribution in [3.63, 3.8) is 0 Å².